The van der Waals surface area contributed by atoms with E-state index in [1.165, 1.54) is 6.42 Å². The van der Waals surface area contributed by atoms with Crippen LogP contribution in [0.25, 0.3) is 16.6 Å². The average Bonchev–Trinajstić information content (AvgIpc) is 2.87. The number of rotatable bonds is 7. The van der Waals surface area contributed by atoms with Crippen LogP contribution >= 0.6 is 11.6 Å². The van der Waals surface area contributed by atoms with E-state index in [0.717, 1.165) is 32.1 Å². The van der Waals surface area contributed by atoms with E-state index in [4.69, 9.17) is 21.3 Å². The average molecular weight is 482 g/mol. The van der Waals surface area contributed by atoms with Crippen LogP contribution in [0.1, 0.15) is 64.2 Å². The fraction of sp³-hybridized carbons (Fsp3) is 0.444. The number of fused-ring (bicyclic) bond motifs is 1. The molecule has 2 aromatic carbocycles. The molecular weight excluding hydrogens is 450 g/mol. The predicted octanol–water partition coefficient (Wildman–Crippen LogP) is 5.93. The standard InChI is InChI=1S/C27H32ClN3O3/c1-4-16-30(26(32)19-8-6-5-7-9-19)18(2)25-29-24-17-20(28)10-15-23(24)27(33)31(25)21-11-13-22(34-3)14-12-21/h10-15,17-19H,4-9,16H2,1-3H3. The van der Waals surface area contributed by atoms with Gasteiger partial charge in [-0.05, 0) is 68.7 Å². The Morgan fingerprint density at radius 1 is 1.18 bits per heavy atom. The van der Waals surface area contributed by atoms with Gasteiger partial charge in [0.1, 0.15) is 11.6 Å². The molecule has 1 unspecified atom stereocenters. The van der Waals surface area contributed by atoms with Crippen molar-refractivity contribution < 1.29 is 9.53 Å². The van der Waals surface area contributed by atoms with Gasteiger partial charge in [0.15, 0.2) is 0 Å². The van der Waals surface area contributed by atoms with Crippen LogP contribution in [0.15, 0.2) is 47.3 Å². The first-order valence-electron chi connectivity index (χ1n) is 12.1. The van der Waals surface area contributed by atoms with Crippen LogP contribution in [0.2, 0.25) is 5.02 Å². The number of hydrogen-bond acceptors (Lipinski definition) is 4. The van der Waals surface area contributed by atoms with Gasteiger partial charge >= 0.3 is 0 Å². The van der Waals surface area contributed by atoms with Gasteiger partial charge in [0.25, 0.3) is 5.56 Å². The Labute approximate surface area is 205 Å². The number of methoxy groups -OCH3 is 1. The lowest BCUT2D eigenvalue weighted by Gasteiger charge is -2.34. The molecule has 7 heteroatoms. The third-order valence-electron chi connectivity index (χ3n) is 6.73. The summed E-state index contributed by atoms with van der Waals surface area (Å²) in [6.45, 7) is 4.65. The highest BCUT2D eigenvalue weighted by Crippen LogP contribution is 2.30. The Hall–Kier alpha value is -2.86. The number of halogens is 1. The Balaban J connectivity index is 1.87. The summed E-state index contributed by atoms with van der Waals surface area (Å²) in [6.07, 6.45) is 6.06. The van der Waals surface area contributed by atoms with Gasteiger partial charge in [-0.25, -0.2) is 4.98 Å². The summed E-state index contributed by atoms with van der Waals surface area (Å²) in [4.78, 5) is 34.1. The maximum absolute atomic E-state index is 13.7. The lowest BCUT2D eigenvalue weighted by molar-refractivity contribution is -0.139. The number of amides is 1. The smallest absolute Gasteiger partial charge is 0.266 e. The molecule has 0 spiro atoms. The number of nitrogens with zero attached hydrogens (tertiary/aromatic N) is 3. The van der Waals surface area contributed by atoms with E-state index in [9.17, 15) is 9.59 Å². The molecule has 1 aromatic heterocycles. The van der Waals surface area contributed by atoms with Gasteiger partial charge in [0.2, 0.25) is 5.91 Å². The lowest BCUT2D eigenvalue weighted by Crippen LogP contribution is -2.41. The topological polar surface area (TPSA) is 64.4 Å². The van der Waals surface area contributed by atoms with Crippen LogP contribution in [0.5, 0.6) is 5.75 Å². The van der Waals surface area contributed by atoms with Gasteiger partial charge in [-0.2, -0.15) is 0 Å². The first-order valence-corrected chi connectivity index (χ1v) is 12.5. The SMILES string of the molecule is CCCN(C(=O)C1CCCCC1)C(C)c1nc2cc(Cl)ccc2c(=O)n1-c1ccc(OC)cc1. The maximum atomic E-state index is 13.7. The lowest BCUT2D eigenvalue weighted by atomic mass is 9.88. The van der Waals surface area contributed by atoms with Crippen molar-refractivity contribution in [2.75, 3.05) is 13.7 Å². The summed E-state index contributed by atoms with van der Waals surface area (Å²) in [7, 11) is 1.61. The number of carbonyl (C=O) groups excluding carboxylic acids is 1. The summed E-state index contributed by atoms with van der Waals surface area (Å²) in [5, 5.41) is 1.00. The van der Waals surface area contributed by atoms with Crippen molar-refractivity contribution in [1.82, 2.24) is 14.5 Å². The monoisotopic (exact) mass is 481 g/mol. The summed E-state index contributed by atoms with van der Waals surface area (Å²) in [6, 6.07) is 12.1. The normalized spacial score (nSPS) is 15.3. The molecule has 1 atom stereocenters. The Kier molecular flexibility index (Phi) is 7.57. The van der Waals surface area contributed by atoms with Crippen molar-refractivity contribution in [2.45, 2.75) is 58.4 Å². The van der Waals surface area contributed by atoms with Gasteiger partial charge in [0.05, 0.1) is 29.7 Å². The molecule has 3 aromatic rings. The minimum absolute atomic E-state index is 0.0406. The molecule has 1 fully saturated rings. The molecule has 1 saturated carbocycles. The number of carbonyl (C=O) groups is 1. The molecule has 1 aliphatic rings. The van der Waals surface area contributed by atoms with E-state index in [1.54, 1.807) is 29.9 Å². The van der Waals surface area contributed by atoms with Crippen LogP contribution < -0.4 is 10.3 Å². The van der Waals surface area contributed by atoms with Gasteiger partial charge < -0.3 is 9.64 Å². The van der Waals surface area contributed by atoms with Crippen molar-refractivity contribution in [1.29, 1.82) is 0 Å². The zero-order valence-electron chi connectivity index (χ0n) is 20.1. The molecule has 1 amide bonds. The summed E-state index contributed by atoms with van der Waals surface area (Å²) < 4.78 is 6.92. The summed E-state index contributed by atoms with van der Waals surface area (Å²) in [5.41, 5.74) is 1.03. The van der Waals surface area contributed by atoms with Crippen molar-refractivity contribution in [3.8, 4) is 11.4 Å². The van der Waals surface area contributed by atoms with Crippen LogP contribution in [0, 0.1) is 5.92 Å². The van der Waals surface area contributed by atoms with Crippen molar-refractivity contribution in [3.05, 3.63) is 63.7 Å². The highest BCUT2D eigenvalue weighted by atomic mass is 35.5. The number of benzene rings is 2. The molecule has 180 valence electrons. The fourth-order valence-corrected chi connectivity index (χ4v) is 5.06. The van der Waals surface area contributed by atoms with Crippen LogP contribution in [-0.4, -0.2) is 34.0 Å². The third kappa shape index (κ3) is 4.83. The predicted molar refractivity (Wildman–Crippen MR) is 136 cm³/mol. The molecule has 0 radical (unpaired) electrons. The zero-order chi connectivity index (χ0) is 24.2. The van der Waals surface area contributed by atoms with E-state index in [-0.39, 0.29) is 23.4 Å². The zero-order valence-corrected chi connectivity index (χ0v) is 20.8. The summed E-state index contributed by atoms with van der Waals surface area (Å²) in [5.74, 6) is 1.43. The van der Waals surface area contributed by atoms with Crippen molar-refractivity contribution in [3.63, 3.8) is 0 Å². The van der Waals surface area contributed by atoms with Gasteiger partial charge in [-0.15, -0.1) is 0 Å². The molecule has 0 aliphatic heterocycles. The van der Waals surface area contributed by atoms with Gasteiger partial charge in [0, 0.05) is 17.5 Å². The maximum Gasteiger partial charge on any atom is 0.266 e. The molecule has 0 bridgehead atoms. The third-order valence-corrected chi connectivity index (χ3v) is 6.97. The van der Waals surface area contributed by atoms with Crippen LogP contribution in [0.4, 0.5) is 0 Å². The Morgan fingerprint density at radius 3 is 2.53 bits per heavy atom. The van der Waals surface area contributed by atoms with E-state index >= 15 is 0 Å². The highest BCUT2D eigenvalue weighted by molar-refractivity contribution is 6.31. The largest absolute Gasteiger partial charge is 0.497 e. The molecule has 1 heterocycles. The summed E-state index contributed by atoms with van der Waals surface area (Å²) >= 11 is 6.23. The quantitative estimate of drug-likeness (QED) is 0.419. The minimum atomic E-state index is -0.382. The van der Waals surface area contributed by atoms with Crippen LogP contribution in [-0.2, 0) is 4.79 Å². The Morgan fingerprint density at radius 2 is 1.88 bits per heavy atom. The molecule has 6 nitrogen and oxygen atoms in total. The highest BCUT2D eigenvalue weighted by Gasteiger charge is 2.31. The molecule has 0 saturated heterocycles. The Bertz CT molecular complexity index is 1220. The van der Waals surface area contributed by atoms with Crippen molar-refractivity contribution >= 4 is 28.4 Å². The van der Waals surface area contributed by atoms with Gasteiger partial charge in [-0.1, -0.05) is 37.8 Å². The number of hydrogen-bond donors (Lipinski definition) is 0. The second-order valence-electron chi connectivity index (χ2n) is 9.01. The van der Waals surface area contributed by atoms with Crippen molar-refractivity contribution in [2.24, 2.45) is 5.92 Å². The number of ether oxygens (including phenoxy) is 1. The van der Waals surface area contributed by atoms with E-state index in [0.29, 0.717) is 39.7 Å². The molecule has 0 N–H and O–H groups in total. The van der Waals surface area contributed by atoms with Gasteiger partial charge in [-0.3, -0.25) is 14.2 Å². The molecule has 4 rings (SSSR count). The van der Waals surface area contributed by atoms with Crippen LogP contribution in [0.3, 0.4) is 0 Å². The van der Waals surface area contributed by atoms with E-state index in [2.05, 4.69) is 6.92 Å². The van der Waals surface area contributed by atoms with E-state index in [1.807, 2.05) is 36.1 Å². The van der Waals surface area contributed by atoms with E-state index < -0.39 is 0 Å². The second kappa shape index (κ2) is 10.6. The molecule has 34 heavy (non-hydrogen) atoms. The number of aromatic nitrogens is 2. The first-order chi connectivity index (χ1) is 16.4. The minimum Gasteiger partial charge on any atom is -0.497 e. The molecular formula is C27H32ClN3O3. The second-order valence-corrected chi connectivity index (χ2v) is 9.45. The fourth-order valence-electron chi connectivity index (χ4n) is 4.90. The molecule has 1 aliphatic carbocycles. The first kappa shape index (κ1) is 24.3.